The highest BCUT2D eigenvalue weighted by atomic mass is 16.6. The third-order valence-corrected chi connectivity index (χ3v) is 6.53. The summed E-state index contributed by atoms with van der Waals surface area (Å²) in [5.74, 6) is -2.34. The zero-order chi connectivity index (χ0) is 19.9. The highest BCUT2D eigenvalue weighted by molar-refractivity contribution is 5.91. The molecule has 1 N–H and O–H groups in total. The smallest absolute Gasteiger partial charge is 0.373 e. The van der Waals surface area contributed by atoms with E-state index in [2.05, 4.69) is 6.58 Å². The molecular formula is C20H26O7. The molecule has 0 aromatic carbocycles. The molecule has 0 amide bonds. The zero-order valence-corrected chi connectivity index (χ0v) is 15.8. The number of hydrogen-bond acceptors (Lipinski definition) is 7. The van der Waals surface area contributed by atoms with Crippen LogP contribution in [0, 0.1) is 23.2 Å². The van der Waals surface area contributed by atoms with E-state index in [1.807, 2.05) is 6.92 Å². The van der Waals surface area contributed by atoms with Gasteiger partial charge < -0.3 is 24.1 Å². The maximum absolute atomic E-state index is 12.4. The number of aldehydes is 1. The molecule has 0 radical (unpaired) electrons. The minimum atomic E-state index is -0.718. The van der Waals surface area contributed by atoms with Gasteiger partial charge in [0.2, 0.25) is 0 Å². The van der Waals surface area contributed by atoms with Crippen molar-refractivity contribution >= 4 is 18.2 Å². The van der Waals surface area contributed by atoms with Crippen LogP contribution in [0.2, 0.25) is 0 Å². The van der Waals surface area contributed by atoms with Crippen molar-refractivity contribution in [3.63, 3.8) is 0 Å². The van der Waals surface area contributed by atoms with Crippen LogP contribution in [-0.2, 0) is 28.6 Å². The lowest BCUT2D eigenvalue weighted by atomic mass is 9.51. The Balaban J connectivity index is 1.99. The Bertz CT molecular complexity index is 696. The van der Waals surface area contributed by atoms with E-state index in [1.165, 1.54) is 13.2 Å². The molecule has 3 fully saturated rings. The summed E-state index contributed by atoms with van der Waals surface area (Å²) in [6.45, 7) is 7.36. The molecular weight excluding hydrogens is 352 g/mol. The van der Waals surface area contributed by atoms with Crippen LogP contribution >= 0.6 is 0 Å². The molecule has 27 heavy (non-hydrogen) atoms. The first kappa shape index (κ1) is 19.6. The van der Waals surface area contributed by atoms with Crippen LogP contribution in [0.3, 0.4) is 0 Å². The fraction of sp³-hybridized carbons (Fsp3) is 0.650. The van der Waals surface area contributed by atoms with Gasteiger partial charge in [-0.3, -0.25) is 0 Å². The average molecular weight is 378 g/mol. The third kappa shape index (κ3) is 2.98. The van der Waals surface area contributed by atoms with E-state index in [0.29, 0.717) is 19.3 Å². The summed E-state index contributed by atoms with van der Waals surface area (Å²) in [7, 11) is 1.37. The summed E-state index contributed by atoms with van der Waals surface area (Å²) >= 11 is 0. The van der Waals surface area contributed by atoms with Gasteiger partial charge in [0, 0.05) is 22.8 Å². The number of rotatable bonds is 4. The molecule has 2 aliphatic carbocycles. The van der Waals surface area contributed by atoms with Gasteiger partial charge in [-0.1, -0.05) is 13.5 Å². The number of esters is 2. The Hall–Kier alpha value is -2.15. The van der Waals surface area contributed by atoms with E-state index in [0.717, 1.165) is 6.29 Å². The molecule has 7 atom stereocenters. The third-order valence-electron chi connectivity index (χ3n) is 6.53. The second-order valence-corrected chi connectivity index (χ2v) is 7.85. The lowest BCUT2D eigenvalue weighted by Crippen LogP contribution is -2.60. The van der Waals surface area contributed by atoms with Gasteiger partial charge in [-0.2, -0.15) is 0 Å². The second-order valence-electron chi connectivity index (χ2n) is 7.85. The molecule has 7 nitrogen and oxygen atoms in total. The van der Waals surface area contributed by atoms with Gasteiger partial charge >= 0.3 is 11.9 Å². The van der Waals surface area contributed by atoms with Crippen molar-refractivity contribution in [2.24, 2.45) is 23.2 Å². The largest absolute Gasteiger partial charge is 0.490 e. The number of fused-ring (bicyclic) bond motifs is 3. The number of aliphatic hydroxyl groups excluding tert-OH is 1. The summed E-state index contributed by atoms with van der Waals surface area (Å²) in [4.78, 5) is 36.3. The SMILES string of the molecule is C=C1C(=O)OC2C1C(OC(=O)C(=CC)OC)CC1(C)C(O)CCC(C=O)C21. The molecule has 0 bridgehead atoms. The minimum absolute atomic E-state index is 0.0599. The number of carbonyl (C=O) groups is 3. The van der Waals surface area contributed by atoms with E-state index in [1.54, 1.807) is 6.92 Å². The van der Waals surface area contributed by atoms with E-state index < -0.39 is 41.6 Å². The van der Waals surface area contributed by atoms with Crippen LogP contribution in [0.1, 0.15) is 33.1 Å². The molecule has 0 aromatic rings. The molecule has 1 aliphatic heterocycles. The molecule has 7 heteroatoms. The molecule has 148 valence electrons. The fourth-order valence-electron chi connectivity index (χ4n) is 5.14. The normalized spacial score (nSPS) is 41.3. The number of hydrogen-bond donors (Lipinski definition) is 1. The summed E-state index contributed by atoms with van der Waals surface area (Å²) < 4.78 is 16.3. The topological polar surface area (TPSA) is 99.1 Å². The fourth-order valence-corrected chi connectivity index (χ4v) is 5.14. The number of carbonyl (C=O) groups excluding carboxylic acids is 3. The van der Waals surface area contributed by atoms with Gasteiger partial charge in [-0.15, -0.1) is 0 Å². The number of methoxy groups -OCH3 is 1. The Morgan fingerprint density at radius 1 is 1.41 bits per heavy atom. The molecule has 2 saturated carbocycles. The second kappa shape index (κ2) is 7.11. The minimum Gasteiger partial charge on any atom is -0.490 e. The van der Waals surface area contributed by atoms with Crippen LogP contribution < -0.4 is 0 Å². The zero-order valence-electron chi connectivity index (χ0n) is 15.8. The van der Waals surface area contributed by atoms with Crippen LogP contribution in [0.5, 0.6) is 0 Å². The van der Waals surface area contributed by atoms with Gasteiger partial charge in [0.05, 0.1) is 19.1 Å². The summed E-state index contributed by atoms with van der Waals surface area (Å²) in [6.07, 6.45) is 1.67. The lowest BCUT2D eigenvalue weighted by molar-refractivity contribution is -0.195. The Morgan fingerprint density at radius 2 is 2.11 bits per heavy atom. The first-order chi connectivity index (χ1) is 12.8. The molecule has 7 unspecified atom stereocenters. The van der Waals surface area contributed by atoms with Gasteiger partial charge in [-0.25, -0.2) is 9.59 Å². The molecule has 3 rings (SSSR count). The van der Waals surface area contributed by atoms with Gasteiger partial charge in [0.15, 0.2) is 5.76 Å². The standard InChI is InChI=1S/C20H26O7/c1-5-12(25-4)19(24)26-13-8-20(3)14(22)7-6-11(9-21)16(20)17-15(13)10(2)18(23)27-17/h5,9,11,13-17,22H,2,6-8H2,1,3-4H3. The van der Waals surface area contributed by atoms with Gasteiger partial charge in [-0.05, 0) is 32.3 Å². The van der Waals surface area contributed by atoms with Crippen molar-refractivity contribution in [1.82, 2.24) is 0 Å². The highest BCUT2D eigenvalue weighted by Gasteiger charge is 2.63. The first-order valence-corrected chi connectivity index (χ1v) is 9.22. The number of ether oxygens (including phenoxy) is 3. The molecule has 3 aliphatic rings. The van der Waals surface area contributed by atoms with Crippen molar-refractivity contribution < 1.29 is 33.7 Å². The van der Waals surface area contributed by atoms with E-state index in [4.69, 9.17) is 14.2 Å². The Morgan fingerprint density at radius 3 is 2.70 bits per heavy atom. The van der Waals surface area contributed by atoms with Gasteiger partial charge in [0.1, 0.15) is 18.5 Å². The maximum Gasteiger partial charge on any atom is 0.373 e. The van der Waals surface area contributed by atoms with Crippen LogP contribution in [0.4, 0.5) is 0 Å². The molecule has 1 heterocycles. The van der Waals surface area contributed by atoms with Gasteiger partial charge in [0.25, 0.3) is 0 Å². The molecule has 0 spiro atoms. The predicted octanol–water partition coefficient (Wildman–Crippen LogP) is 1.54. The van der Waals surface area contributed by atoms with Crippen molar-refractivity contribution in [1.29, 1.82) is 0 Å². The highest BCUT2D eigenvalue weighted by Crippen LogP contribution is 2.58. The van der Waals surface area contributed by atoms with Crippen LogP contribution in [0.15, 0.2) is 24.0 Å². The van der Waals surface area contributed by atoms with Crippen molar-refractivity contribution in [3.05, 3.63) is 24.0 Å². The van der Waals surface area contributed by atoms with Crippen LogP contribution in [0.25, 0.3) is 0 Å². The number of allylic oxidation sites excluding steroid dienone is 1. The Kier molecular flexibility index (Phi) is 5.16. The molecule has 0 aromatic heterocycles. The van der Waals surface area contributed by atoms with Crippen molar-refractivity contribution in [3.8, 4) is 0 Å². The van der Waals surface area contributed by atoms with Crippen molar-refractivity contribution in [2.45, 2.75) is 51.4 Å². The first-order valence-electron chi connectivity index (χ1n) is 9.22. The van der Waals surface area contributed by atoms with Crippen molar-refractivity contribution in [2.75, 3.05) is 7.11 Å². The van der Waals surface area contributed by atoms with E-state index in [-0.39, 0.29) is 23.2 Å². The predicted molar refractivity (Wildman–Crippen MR) is 94.2 cm³/mol. The average Bonchev–Trinajstić information content (AvgIpc) is 2.92. The van der Waals surface area contributed by atoms with E-state index >= 15 is 0 Å². The lowest BCUT2D eigenvalue weighted by Gasteiger charge is -2.55. The maximum atomic E-state index is 12.4. The van der Waals surface area contributed by atoms with Crippen LogP contribution in [-0.4, -0.2) is 48.8 Å². The quantitative estimate of drug-likeness (QED) is 0.343. The Labute approximate surface area is 158 Å². The summed E-state index contributed by atoms with van der Waals surface area (Å²) in [6, 6.07) is 0. The summed E-state index contributed by atoms with van der Waals surface area (Å²) in [5, 5.41) is 10.7. The number of aliphatic hydroxyl groups is 1. The summed E-state index contributed by atoms with van der Waals surface area (Å²) in [5.41, 5.74) is -0.478. The monoisotopic (exact) mass is 378 g/mol. The van der Waals surface area contributed by atoms with E-state index in [9.17, 15) is 19.5 Å². The molecule has 1 saturated heterocycles.